The van der Waals surface area contributed by atoms with E-state index in [1.54, 1.807) is 0 Å². The van der Waals surface area contributed by atoms with E-state index in [0.717, 1.165) is 18.2 Å². The maximum atomic E-state index is 5.72. The highest BCUT2D eigenvalue weighted by atomic mass is 15.2. The SMILES string of the molecule is CCCC1CCN(c2cccnc2CN)C1. The zero-order chi connectivity index (χ0) is 11.4. The van der Waals surface area contributed by atoms with Gasteiger partial charge in [0.2, 0.25) is 0 Å². The van der Waals surface area contributed by atoms with E-state index in [9.17, 15) is 0 Å². The number of nitrogens with zero attached hydrogens (tertiary/aromatic N) is 2. The van der Waals surface area contributed by atoms with Crippen molar-refractivity contribution in [1.29, 1.82) is 0 Å². The Hall–Kier alpha value is -1.09. The molecule has 1 saturated heterocycles. The van der Waals surface area contributed by atoms with E-state index in [0.29, 0.717) is 6.54 Å². The molecule has 0 bridgehead atoms. The Balaban J connectivity index is 2.08. The Morgan fingerprint density at radius 3 is 3.19 bits per heavy atom. The highest BCUT2D eigenvalue weighted by Gasteiger charge is 2.23. The van der Waals surface area contributed by atoms with Crippen molar-refractivity contribution < 1.29 is 0 Å². The van der Waals surface area contributed by atoms with Crippen molar-refractivity contribution in [2.24, 2.45) is 11.7 Å². The van der Waals surface area contributed by atoms with Crippen LogP contribution >= 0.6 is 0 Å². The molecule has 1 aliphatic rings. The first-order chi connectivity index (χ1) is 7.85. The van der Waals surface area contributed by atoms with Gasteiger partial charge in [0, 0.05) is 25.8 Å². The van der Waals surface area contributed by atoms with Gasteiger partial charge in [-0.3, -0.25) is 4.98 Å². The average Bonchev–Trinajstić information content (AvgIpc) is 2.78. The first-order valence-corrected chi connectivity index (χ1v) is 6.24. The standard InChI is InChI=1S/C13H21N3/c1-2-4-11-6-8-16(10-11)13-5-3-7-15-12(13)9-14/h3,5,7,11H,2,4,6,8-10,14H2,1H3. The molecular weight excluding hydrogens is 198 g/mol. The number of rotatable bonds is 4. The van der Waals surface area contributed by atoms with Crippen LogP contribution in [0.2, 0.25) is 0 Å². The third-order valence-electron chi connectivity index (χ3n) is 3.38. The average molecular weight is 219 g/mol. The molecule has 1 aliphatic heterocycles. The van der Waals surface area contributed by atoms with Gasteiger partial charge in [0.05, 0.1) is 11.4 Å². The second-order valence-corrected chi connectivity index (χ2v) is 4.56. The van der Waals surface area contributed by atoms with Crippen LogP contribution in [0.3, 0.4) is 0 Å². The van der Waals surface area contributed by atoms with E-state index in [1.165, 1.54) is 31.5 Å². The molecule has 1 atom stereocenters. The molecule has 16 heavy (non-hydrogen) atoms. The monoisotopic (exact) mass is 219 g/mol. The minimum atomic E-state index is 0.533. The maximum absolute atomic E-state index is 5.72. The topological polar surface area (TPSA) is 42.2 Å². The Kier molecular flexibility index (Phi) is 3.78. The molecule has 2 heterocycles. The fourth-order valence-corrected chi connectivity index (χ4v) is 2.57. The van der Waals surface area contributed by atoms with E-state index in [1.807, 2.05) is 12.3 Å². The van der Waals surface area contributed by atoms with E-state index < -0.39 is 0 Å². The fourth-order valence-electron chi connectivity index (χ4n) is 2.57. The van der Waals surface area contributed by atoms with Crippen LogP contribution in [0, 0.1) is 5.92 Å². The predicted octanol–water partition coefficient (Wildman–Crippen LogP) is 2.17. The minimum Gasteiger partial charge on any atom is -0.370 e. The fraction of sp³-hybridized carbons (Fsp3) is 0.615. The number of aromatic nitrogens is 1. The van der Waals surface area contributed by atoms with Gasteiger partial charge in [-0.15, -0.1) is 0 Å². The zero-order valence-electron chi connectivity index (χ0n) is 10.0. The Labute approximate surface area is 97.7 Å². The summed E-state index contributed by atoms with van der Waals surface area (Å²) in [5.74, 6) is 0.857. The number of hydrogen-bond acceptors (Lipinski definition) is 3. The van der Waals surface area contributed by atoms with Crippen LogP contribution in [0.4, 0.5) is 5.69 Å². The normalized spacial score (nSPS) is 20.4. The molecule has 1 aromatic rings. The maximum Gasteiger partial charge on any atom is 0.0772 e. The summed E-state index contributed by atoms with van der Waals surface area (Å²) < 4.78 is 0. The van der Waals surface area contributed by atoms with Crippen LogP contribution in [0.5, 0.6) is 0 Å². The molecule has 3 heteroatoms. The summed E-state index contributed by atoms with van der Waals surface area (Å²) in [5, 5.41) is 0. The lowest BCUT2D eigenvalue weighted by molar-refractivity contribution is 0.529. The van der Waals surface area contributed by atoms with Crippen molar-refractivity contribution >= 4 is 5.69 Å². The quantitative estimate of drug-likeness (QED) is 0.844. The van der Waals surface area contributed by atoms with Gasteiger partial charge < -0.3 is 10.6 Å². The Morgan fingerprint density at radius 2 is 2.44 bits per heavy atom. The first kappa shape index (κ1) is 11.4. The molecule has 2 rings (SSSR count). The summed E-state index contributed by atoms with van der Waals surface area (Å²) >= 11 is 0. The van der Waals surface area contributed by atoms with Crippen molar-refractivity contribution in [3.05, 3.63) is 24.0 Å². The molecule has 1 aromatic heterocycles. The molecule has 0 radical (unpaired) electrons. The molecule has 1 fully saturated rings. The van der Waals surface area contributed by atoms with Crippen molar-refractivity contribution in [1.82, 2.24) is 4.98 Å². The summed E-state index contributed by atoms with van der Waals surface area (Å²) in [6.07, 6.45) is 5.77. The highest BCUT2D eigenvalue weighted by Crippen LogP contribution is 2.27. The smallest absolute Gasteiger partial charge is 0.0772 e. The number of hydrogen-bond donors (Lipinski definition) is 1. The molecule has 3 nitrogen and oxygen atoms in total. The van der Waals surface area contributed by atoms with Gasteiger partial charge in [-0.2, -0.15) is 0 Å². The van der Waals surface area contributed by atoms with Crippen LogP contribution < -0.4 is 10.6 Å². The summed E-state index contributed by atoms with van der Waals surface area (Å²) in [4.78, 5) is 6.79. The molecule has 0 aromatic carbocycles. The molecular formula is C13H21N3. The van der Waals surface area contributed by atoms with Gasteiger partial charge in [-0.1, -0.05) is 13.3 Å². The molecule has 0 spiro atoms. The van der Waals surface area contributed by atoms with Crippen molar-refractivity contribution in [3.8, 4) is 0 Å². The summed E-state index contributed by atoms with van der Waals surface area (Å²) in [6, 6.07) is 4.14. The molecule has 0 aliphatic carbocycles. The molecule has 2 N–H and O–H groups in total. The largest absolute Gasteiger partial charge is 0.370 e. The second kappa shape index (κ2) is 5.30. The lowest BCUT2D eigenvalue weighted by atomic mass is 10.0. The van der Waals surface area contributed by atoms with Gasteiger partial charge >= 0.3 is 0 Å². The minimum absolute atomic E-state index is 0.533. The summed E-state index contributed by atoms with van der Waals surface area (Å²) in [5.41, 5.74) is 7.99. The van der Waals surface area contributed by atoms with Crippen LogP contribution in [-0.2, 0) is 6.54 Å². The van der Waals surface area contributed by atoms with Gasteiger partial charge in [-0.05, 0) is 30.9 Å². The van der Waals surface area contributed by atoms with Gasteiger partial charge in [0.25, 0.3) is 0 Å². The summed E-state index contributed by atoms with van der Waals surface area (Å²) in [7, 11) is 0. The van der Waals surface area contributed by atoms with Gasteiger partial charge in [-0.25, -0.2) is 0 Å². The van der Waals surface area contributed by atoms with E-state index in [4.69, 9.17) is 5.73 Å². The van der Waals surface area contributed by atoms with Crippen LogP contribution in [0.25, 0.3) is 0 Å². The van der Waals surface area contributed by atoms with Crippen LogP contribution in [0.1, 0.15) is 31.9 Å². The lowest BCUT2D eigenvalue weighted by Gasteiger charge is -2.20. The van der Waals surface area contributed by atoms with E-state index in [2.05, 4.69) is 22.9 Å². The summed E-state index contributed by atoms with van der Waals surface area (Å²) in [6.45, 7) is 5.12. The highest BCUT2D eigenvalue weighted by molar-refractivity contribution is 5.51. The first-order valence-electron chi connectivity index (χ1n) is 6.24. The predicted molar refractivity (Wildman–Crippen MR) is 67.4 cm³/mol. The Morgan fingerprint density at radius 1 is 1.56 bits per heavy atom. The van der Waals surface area contributed by atoms with Crippen molar-refractivity contribution in [2.45, 2.75) is 32.7 Å². The number of anilines is 1. The van der Waals surface area contributed by atoms with Gasteiger partial charge in [0.1, 0.15) is 0 Å². The molecule has 0 saturated carbocycles. The lowest BCUT2D eigenvalue weighted by Crippen LogP contribution is -2.22. The number of nitrogens with two attached hydrogens (primary N) is 1. The van der Waals surface area contributed by atoms with E-state index in [-0.39, 0.29) is 0 Å². The van der Waals surface area contributed by atoms with E-state index >= 15 is 0 Å². The third kappa shape index (κ3) is 2.35. The Bertz CT molecular complexity index is 338. The van der Waals surface area contributed by atoms with Crippen LogP contribution in [-0.4, -0.2) is 18.1 Å². The molecule has 88 valence electrons. The second-order valence-electron chi connectivity index (χ2n) is 4.56. The van der Waals surface area contributed by atoms with Crippen molar-refractivity contribution in [2.75, 3.05) is 18.0 Å². The van der Waals surface area contributed by atoms with Gasteiger partial charge in [0.15, 0.2) is 0 Å². The zero-order valence-corrected chi connectivity index (χ0v) is 10.0. The molecule has 1 unspecified atom stereocenters. The van der Waals surface area contributed by atoms with Crippen LogP contribution in [0.15, 0.2) is 18.3 Å². The molecule has 0 amide bonds. The number of pyridine rings is 1. The third-order valence-corrected chi connectivity index (χ3v) is 3.38. The van der Waals surface area contributed by atoms with Crippen molar-refractivity contribution in [3.63, 3.8) is 0 Å².